The fourth-order valence-electron chi connectivity index (χ4n) is 2.18. The summed E-state index contributed by atoms with van der Waals surface area (Å²) in [5.41, 5.74) is 4.68. The number of hydrogen-bond donors (Lipinski definition) is 0. The van der Waals surface area contributed by atoms with Crippen LogP contribution in [-0.2, 0) is 6.42 Å². The van der Waals surface area contributed by atoms with E-state index in [4.69, 9.17) is 0 Å². The lowest BCUT2D eigenvalue weighted by Gasteiger charge is -2.07. The standard InChI is InChI=1S/C11H14/c1-8-4-3-5-10-7-6-9(2)11(8)10/h3-5,9H,6-7H2,1-2H3. The second kappa shape index (κ2) is 2.37. The van der Waals surface area contributed by atoms with Crippen LogP contribution in [-0.4, -0.2) is 0 Å². The van der Waals surface area contributed by atoms with E-state index in [0.717, 1.165) is 5.92 Å². The molecular weight excluding hydrogens is 132 g/mol. The molecule has 58 valence electrons. The normalized spacial score (nSPS) is 21.8. The number of fused-ring (bicyclic) bond motifs is 1. The zero-order chi connectivity index (χ0) is 7.84. The van der Waals surface area contributed by atoms with Crippen LogP contribution in [0.1, 0.15) is 36.0 Å². The first-order valence-electron chi connectivity index (χ1n) is 4.37. The minimum absolute atomic E-state index is 0.797. The van der Waals surface area contributed by atoms with Gasteiger partial charge < -0.3 is 0 Å². The molecule has 0 saturated carbocycles. The molecule has 0 fully saturated rings. The van der Waals surface area contributed by atoms with Crippen molar-refractivity contribution in [2.45, 2.75) is 32.6 Å². The van der Waals surface area contributed by atoms with Gasteiger partial charge in [-0.15, -0.1) is 0 Å². The van der Waals surface area contributed by atoms with Crippen LogP contribution < -0.4 is 0 Å². The van der Waals surface area contributed by atoms with Gasteiger partial charge in [-0.05, 0) is 42.4 Å². The van der Waals surface area contributed by atoms with E-state index in [1.165, 1.54) is 18.4 Å². The summed E-state index contributed by atoms with van der Waals surface area (Å²) in [4.78, 5) is 0. The van der Waals surface area contributed by atoms with Gasteiger partial charge in [0.1, 0.15) is 0 Å². The average Bonchev–Trinajstić information content (AvgIpc) is 2.34. The summed E-state index contributed by atoms with van der Waals surface area (Å²) in [5, 5.41) is 0. The Balaban J connectivity index is 2.58. The average molecular weight is 146 g/mol. The lowest BCUT2D eigenvalue weighted by atomic mass is 9.98. The Hall–Kier alpha value is -0.780. The molecule has 1 aliphatic rings. The Morgan fingerprint density at radius 1 is 1.36 bits per heavy atom. The smallest absolute Gasteiger partial charge is 0.0182 e. The lowest BCUT2D eigenvalue weighted by molar-refractivity contribution is 0.744. The summed E-state index contributed by atoms with van der Waals surface area (Å²) in [6.07, 6.45) is 2.64. The van der Waals surface area contributed by atoms with Crippen LogP contribution in [0.5, 0.6) is 0 Å². The van der Waals surface area contributed by atoms with Crippen LogP contribution in [0.3, 0.4) is 0 Å². The zero-order valence-corrected chi connectivity index (χ0v) is 7.22. The number of rotatable bonds is 0. The third-order valence-corrected chi connectivity index (χ3v) is 2.75. The summed E-state index contributed by atoms with van der Waals surface area (Å²) in [5.74, 6) is 0.797. The van der Waals surface area contributed by atoms with Crippen molar-refractivity contribution in [2.75, 3.05) is 0 Å². The van der Waals surface area contributed by atoms with Crippen LogP contribution in [0.25, 0.3) is 0 Å². The van der Waals surface area contributed by atoms with E-state index in [1.807, 2.05) is 0 Å². The predicted molar refractivity (Wildman–Crippen MR) is 47.9 cm³/mol. The summed E-state index contributed by atoms with van der Waals surface area (Å²) in [7, 11) is 0. The maximum Gasteiger partial charge on any atom is -0.0182 e. The summed E-state index contributed by atoms with van der Waals surface area (Å²) >= 11 is 0. The van der Waals surface area contributed by atoms with E-state index in [0.29, 0.717) is 0 Å². The molecule has 1 atom stereocenters. The highest BCUT2D eigenvalue weighted by Gasteiger charge is 2.19. The SMILES string of the molecule is Cc1cccc2c1C(C)CC2. The van der Waals surface area contributed by atoms with Crippen molar-refractivity contribution in [3.8, 4) is 0 Å². The van der Waals surface area contributed by atoms with Gasteiger partial charge in [-0.1, -0.05) is 25.1 Å². The Morgan fingerprint density at radius 3 is 2.91 bits per heavy atom. The van der Waals surface area contributed by atoms with Crippen molar-refractivity contribution in [3.63, 3.8) is 0 Å². The molecular formula is C11H14. The van der Waals surface area contributed by atoms with Gasteiger partial charge in [-0.3, -0.25) is 0 Å². The Labute approximate surface area is 68.3 Å². The van der Waals surface area contributed by atoms with E-state index in [-0.39, 0.29) is 0 Å². The summed E-state index contributed by atoms with van der Waals surface area (Å²) in [6, 6.07) is 6.67. The topological polar surface area (TPSA) is 0 Å². The predicted octanol–water partition coefficient (Wildman–Crippen LogP) is 3.04. The van der Waals surface area contributed by atoms with E-state index < -0.39 is 0 Å². The molecule has 0 spiro atoms. The van der Waals surface area contributed by atoms with Gasteiger partial charge >= 0.3 is 0 Å². The number of aryl methyl sites for hydroxylation is 2. The van der Waals surface area contributed by atoms with Crippen LogP contribution in [0.4, 0.5) is 0 Å². The second-order valence-corrected chi connectivity index (χ2v) is 3.59. The first-order valence-corrected chi connectivity index (χ1v) is 4.37. The first kappa shape index (κ1) is 6.90. The van der Waals surface area contributed by atoms with E-state index in [9.17, 15) is 0 Å². The van der Waals surface area contributed by atoms with Gasteiger partial charge in [0.25, 0.3) is 0 Å². The van der Waals surface area contributed by atoms with Gasteiger partial charge in [-0.2, -0.15) is 0 Å². The van der Waals surface area contributed by atoms with Crippen molar-refractivity contribution >= 4 is 0 Å². The maximum atomic E-state index is 2.33. The van der Waals surface area contributed by atoms with Gasteiger partial charge in [-0.25, -0.2) is 0 Å². The quantitative estimate of drug-likeness (QED) is 0.527. The minimum atomic E-state index is 0.797. The maximum absolute atomic E-state index is 2.33. The first-order chi connectivity index (χ1) is 5.29. The number of benzene rings is 1. The summed E-state index contributed by atoms with van der Waals surface area (Å²) in [6.45, 7) is 4.56. The lowest BCUT2D eigenvalue weighted by Crippen LogP contribution is -1.89. The van der Waals surface area contributed by atoms with Crippen molar-refractivity contribution in [2.24, 2.45) is 0 Å². The third-order valence-electron chi connectivity index (χ3n) is 2.75. The minimum Gasteiger partial charge on any atom is -0.0617 e. The third kappa shape index (κ3) is 0.973. The molecule has 2 rings (SSSR count). The Kier molecular flexibility index (Phi) is 1.49. The van der Waals surface area contributed by atoms with Crippen molar-refractivity contribution < 1.29 is 0 Å². The highest BCUT2D eigenvalue weighted by molar-refractivity contribution is 5.40. The van der Waals surface area contributed by atoms with Crippen molar-refractivity contribution in [3.05, 3.63) is 34.9 Å². The Bertz CT molecular complexity index is 273. The van der Waals surface area contributed by atoms with Gasteiger partial charge in [0.05, 0.1) is 0 Å². The van der Waals surface area contributed by atoms with Gasteiger partial charge in [0.2, 0.25) is 0 Å². The fraction of sp³-hybridized carbons (Fsp3) is 0.455. The monoisotopic (exact) mass is 146 g/mol. The molecule has 1 unspecified atom stereocenters. The molecule has 0 bridgehead atoms. The molecule has 0 saturated heterocycles. The molecule has 0 heterocycles. The molecule has 0 radical (unpaired) electrons. The van der Waals surface area contributed by atoms with Crippen molar-refractivity contribution in [1.29, 1.82) is 0 Å². The molecule has 0 aromatic heterocycles. The molecule has 1 aliphatic carbocycles. The molecule has 0 aliphatic heterocycles. The van der Waals surface area contributed by atoms with Crippen LogP contribution in [0.2, 0.25) is 0 Å². The van der Waals surface area contributed by atoms with Crippen LogP contribution in [0, 0.1) is 6.92 Å². The fourth-order valence-corrected chi connectivity index (χ4v) is 2.18. The Morgan fingerprint density at radius 2 is 2.18 bits per heavy atom. The highest BCUT2D eigenvalue weighted by atomic mass is 14.2. The van der Waals surface area contributed by atoms with E-state index in [1.54, 1.807) is 11.1 Å². The zero-order valence-electron chi connectivity index (χ0n) is 7.22. The number of hydrogen-bond acceptors (Lipinski definition) is 0. The molecule has 0 nitrogen and oxygen atoms in total. The van der Waals surface area contributed by atoms with E-state index >= 15 is 0 Å². The largest absolute Gasteiger partial charge is 0.0617 e. The van der Waals surface area contributed by atoms with Crippen LogP contribution in [0.15, 0.2) is 18.2 Å². The van der Waals surface area contributed by atoms with Crippen molar-refractivity contribution in [1.82, 2.24) is 0 Å². The van der Waals surface area contributed by atoms with Gasteiger partial charge in [0, 0.05) is 0 Å². The highest BCUT2D eigenvalue weighted by Crippen LogP contribution is 2.34. The van der Waals surface area contributed by atoms with E-state index in [2.05, 4.69) is 32.0 Å². The molecule has 1 aromatic carbocycles. The molecule has 11 heavy (non-hydrogen) atoms. The second-order valence-electron chi connectivity index (χ2n) is 3.59. The summed E-state index contributed by atoms with van der Waals surface area (Å²) < 4.78 is 0. The van der Waals surface area contributed by atoms with Gasteiger partial charge in [0.15, 0.2) is 0 Å². The molecule has 0 heteroatoms. The molecule has 1 aromatic rings. The molecule has 0 amide bonds. The van der Waals surface area contributed by atoms with Crippen LogP contribution >= 0.6 is 0 Å². The molecule has 0 N–H and O–H groups in total.